The van der Waals surface area contributed by atoms with Gasteiger partial charge in [0, 0.05) is 32.0 Å². The first-order valence-electron chi connectivity index (χ1n) is 9.50. The highest BCUT2D eigenvalue weighted by atomic mass is 16.5. The lowest BCUT2D eigenvalue weighted by Crippen LogP contribution is -2.46. The Labute approximate surface area is 168 Å². The number of carbonyl (C=O) groups excluding carboxylic acids is 2. The van der Waals surface area contributed by atoms with E-state index < -0.39 is 11.7 Å². The second-order valence-corrected chi connectivity index (χ2v) is 6.84. The monoisotopic (exact) mass is 400 g/mol. The molecule has 1 aromatic heterocycles. The van der Waals surface area contributed by atoms with Gasteiger partial charge < -0.3 is 24.1 Å². The molecule has 29 heavy (non-hydrogen) atoms. The van der Waals surface area contributed by atoms with Crippen LogP contribution in [-0.2, 0) is 16.1 Å². The molecule has 0 atom stereocenters. The topological polar surface area (TPSA) is 98.1 Å². The quantitative estimate of drug-likeness (QED) is 0.799. The number of hydrogen-bond acceptors (Lipinski definition) is 6. The van der Waals surface area contributed by atoms with Crippen LogP contribution in [0.4, 0.5) is 4.79 Å². The Hall–Kier alpha value is -3.29. The first-order chi connectivity index (χ1) is 14.0. The summed E-state index contributed by atoms with van der Waals surface area (Å²) >= 11 is 0. The summed E-state index contributed by atoms with van der Waals surface area (Å²) in [5.74, 6) is 0.799. The van der Waals surface area contributed by atoms with Crippen LogP contribution in [0.3, 0.4) is 0 Å². The lowest BCUT2D eigenvalue weighted by Gasteiger charge is -2.32. The van der Waals surface area contributed by atoms with Gasteiger partial charge in [-0.25, -0.2) is 9.59 Å². The molecular formula is C21H24N2O6. The number of hydrogen-bond donors (Lipinski definition) is 1. The number of carbonyl (C=O) groups is 2. The Balaban J connectivity index is 1.37. The number of rotatable bonds is 6. The van der Waals surface area contributed by atoms with Crippen LogP contribution in [-0.4, -0.2) is 42.6 Å². The summed E-state index contributed by atoms with van der Waals surface area (Å²) in [4.78, 5) is 37.1. The fraction of sp³-hybridized carbons (Fsp3) is 0.381. The number of ether oxygens (including phenoxy) is 2. The van der Waals surface area contributed by atoms with Gasteiger partial charge in [0.25, 0.3) is 0 Å². The van der Waals surface area contributed by atoms with E-state index in [0.29, 0.717) is 37.4 Å². The highest BCUT2D eigenvalue weighted by molar-refractivity contribution is 5.82. The third-order valence-electron chi connectivity index (χ3n) is 4.56. The van der Waals surface area contributed by atoms with E-state index in [9.17, 15) is 14.4 Å². The van der Waals surface area contributed by atoms with Crippen LogP contribution >= 0.6 is 0 Å². The van der Waals surface area contributed by atoms with Crippen molar-refractivity contribution in [2.24, 2.45) is 0 Å². The second-order valence-electron chi connectivity index (χ2n) is 6.84. The third-order valence-corrected chi connectivity index (χ3v) is 4.56. The minimum atomic E-state index is -0.626. The zero-order valence-corrected chi connectivity index (χ0v) is 16.3. The molecule has 0 unspecified atom stereocenters. The maximum absolute atomic E-state index is 12.3. The van der Waals surface area contributed by atoms with Crippen molar-refractivity contribution in [3.63, 3.8) is 0 Å². The van der Waals surface area contributed by atoms with E-state index in [1.807, 2.05) is 30.3 Å². The number of aryl methyl sites for hydroxylation is 1. The van der Waals surface area contributed by atoms with Gasteiger partial charge in [-0.3, -0.25) is 4.79 Å². The van der Waals surface area contributed by atoms with Crippen LogP contribution in [0.25, 0.3) is 0 Å². The molecule has 0 saturated carbocycles. The number of benzene rings is 1. The largest absolute Gasteiger partial charge is 0.490 e. The van der Waals surface area contributed by atoms with Crippen molar-refractivity contribution in [3.8, 4) is 5.75 Å². The molecule has 0 bridgehead atoms. The Morgan fingerprint density at radius 1 is 1.17 bits per heavy atom. The van der Waals surface area contributed by atoms with Gasteiger partial charge in [0.1, 0.15) is 30.8 Å². The molecule has 2 amide bonds. The summed E-state index contributed by atoms with van der Waals surface area (Å²) in [5.41, 5.74) is 0.431. The van der Waals surface area contributed by atoms with Crippen molar-refractivity contribution in [2.45, 2.75) is 32.5 Å². The van der Waals surface area contributed by atoms with Crippen LogP contribution < -0.4 is 15.7 Å². The van der Waals surface area contributed by atoms with Crippen molar-refractivity contribution in [2.75, 3.05) is 19.6 Å². The number of amides is 2. The first kappa shape index (κ1) is 20.4. The molecule has 3 rings (SSSR count). The maximum Gasteiger partial charge on any atom is 0.407 e. The highest BCUT2D eigenvalue weighted by Crippen LogP contribution is 2.18. The number of alkyl carbamates (subject to hydrolysis) is 1. The van der Waals surface area contributed by atoms with Crippen LogP contribution in [0.5, 0.6) is 5.75 Å². The predicted molar refractivity (Wildman–Crippen MR) is 105 cm³/mol. The summed E-state index contributed by atoms with van der Waals surface area (Å²) in [5, 5.41) is 2.48. The fourth-order valence-corrected chi connectivity index (χ4v) is 3.09. The summed E-state index contributed by atoms with van der Waals surface area (Å²) in [6, 6.07) is 12.3. The summed E-state index contributed by atoms with van der Waals surface area (Å²) < 4.78 is 15.8. The fourth-order valence-electron chi connectivity index (χ4n) is 3.09. The van der Waals surface area contributed by atoms with Gasteiger partial charge in [-0.05, 0) is 12.5 Å². The smallest absolute Gasteiger partial charge is 0.407 e. The lowest BCUT2D eigenvalue weighted by molar-refractivity contribution is -0.131. The Morgan fingerprint density at radius 3 is 2.59 bits per heavy atom. The predicted octanol–water partition coefficient (Wildman–Crippen LogP) is 2.24. The van der Waals surface area contributed by atoms with Gasteiger partial charge in [-0.15, -0.1) is 0 Å². The average molecular weight is 400 g/mol. The van der Waals surface area contributed by atoms with Gasteiger partial charge in [-0.1, -0.05) is 30.3 Å². The number of nitrogens with zero attached hydrogens (tertiary/aromatic N) is 1. The molecule has 0 radical (unpaired) electrons. The summed E-state index contributed by atoms with van der Waals surface area (Å²) in [6.45, 7) is 2.77. The molecule has 1 aliphatic heterocycles. The van der Waals surface area contributed by atoms with Crippen molar-refractivity contribution >= 4 is 12.0 Å². The molecule has 0 spiro atoms. The van der Waals surface area contributed by atoms with E-state index in [0.717, 1.165) is 5.56 Å². The van der Waals surface area contributed by atoms with E-state index in [1.165, 1.54) is 6.07 Å². The van der Waals surface area contributed by atoms with E-state index in [-0.39, 0.29) is 25.2 Å². The molecule has 2 aromatic rings. The molecule has 8 nitrogen and oxygen atoms in total. The van der Waals surface area contributed by atoms with Gasteiger partial charge in [-0.2, -0.15) is 0 Å². The van der Waals surface area contributed by atoms with Gasteiger partial charge in [0.2, 0.25) is 5.91 Å². The van der Waals surface area contributed by atoms with Gasteiger partial charge in [0.05, 0.1) is 6.07 Å². The van der Waals surface area contributed by atoms with E-state index >= 15 is 0 Å². The van der Waals surface area contributed by atoms with E-state index in [1.54, 1.807) is 17.9 Å². The maximum atomic E-state index is 12.3. The Kier molecular flexibility index (Phi) is 6.89. The van der Waals surface area contributed by atoms with Crippen molar-refractivity contribution < 1.29 is 23.5 Å². The highest BCUT2D eigenvalue weighted by Gasteiger charge is 2.24. The number of nitrogens with one attached hydrogen (secondary N) is 1. The molecule has 8 heteroatoms. The van der Waals surface area contributed by atoms with Crippen LogP contribution in [0.1, 0.15) is 24.2 Å². The van der Waals surface area contributed by atoms with E-state index in [4.69, 9.17) is 13.9 Å². The third kappa shape index (κ3) is 6.38. The molecule has 154 valence electrons. The minimum Gasteiger partial charge on any atom is -0.490 e. The Bertz CT molecular complexity index is 888. The van der Waals surface area contributed by atoms with Crippen LogP contribution in [0, 0.1) is 6.92 Å². The molecule has 1 aliphatic rings. The number of likely N-dealkylation sites (tertiary alicyclic amines) is 1. The Morgan fingerprint density at radius 2 is 1.90 bits per heavy atom. The molecule has 1 saturated heterocycles. The SMILES string of the molecule is Cc1cc(OC2CCN(C(=O)CNC(=O)OCc3ccccc3)CC2)cc(=O)o1. The molecule has 1 fully saturated rings. The molecule has 1 aromatic carbocycles. The lowest BCUT2D eigenvalue weighted by atomic mass is 10.1. The molecule has 0 aliphatic carbocycles. The van der Waals surface area contributed by atoms with Crippen molar-refractivity contribution in [1.82, 2.24) is 10.2 Å². The summed E-state index contributed by atoms with van der Waals surface area (Å²) in [7, 11) is 0. The average Bonchev–Trinajstić information content (AvgIpc) is 2.71. The standard InChI is InChI=1S/C21H24N2O6/c1-15-11-18(12-20(25)28-15)29-17-7-9-23(10-8-17)19(24)13-22-21(26)27-14-16-5-3-2-4-6-16/h2-6,11-12,17H,7-10,13-14H2,1H3,(H,22,26). The minimum absolute atomic E-state index is 0.0796. The summed E-state index contributed by atoms with van der Waals surface area (Å²) in [6.07, 6.45) is 0.579. The molecule has 2 heterocycles. The normalized spacial score (nSPS) is 14.3. The van der Waals surface area contributed by atoms with Crippen molar-refractivity contribution in [3.05, 3.63) is 64.2 Å². The molecular weight excluding hydrogens is 376 g/mol. The second kappa shape index (κ2) is 9.77. The van der Waals surface area contributed by atoms with Crippen LogP contribution in [0.2, 0.25) is 0 Å². The first-order valence-corrected chi connectivity index (χ1v) is 9.50. The zero-order chi connectivity index (χ0) is 20.6. The van der Waals surface area contributed by atoms with Gasteiger partial charge in [0.15, 0.2) is 0 Å². The van der Waals surface area contributed by atoms with Crippen LogP contribution in [0.15, 0.2) is 51.7 Å². The zero-order valence-electron chi connectivity index (χ0n) is 16.3. The number of piperidine rings is 1. The van der Waals surface area contributed by atoms with Gasteiger partial charge >= 0.3 is 11.7 Å². The van der Waals surface area contributed by atoms with E-state index in [2.05, 4.69) is 5.32 Å². The van der Waals surface area contributed by atoms with Crippen molar-refractivity contribution in [1.29, 1.82) is 0 Å². The molecule has 1 N–H and O–H groups in total.